The minimum Gasteiger partial charge on any atom is -0.383 e. The van der Waals surface area contributed by atoms with Gasteiger partial charge in [0.05, 0.1) is 5.69 Å². The van der Waals surface area contributed by atoms with Gasteiger partial charge in [0, 0.05) is 65.6 Å². The van der Waals surface area contributed by atoms with Crippen LogP contribution in [0.5, 0.6) is 0 Å². The molecule has 30 heavy (non-hydrogen) atoms. The van der Waals surface area contributed by atoms with Gasteiger partial charge in [-0.25, -0.2) is 17.5 Å². The van der Waals surface area contributed by atoms with Crippen molar-refractivity contribution in [3.63, 3.8) is 0 Å². The summed E-state index contributed by atoms with van der Waals surface area (Å²) in [4.78, 5) is 6.01. The monoisotopic (exact) mass is 437 g/mol. The number of rotatable bonds is 8. The number of piperazine rings is 1. The number of benzene rings is 1. The summed E-state index contributed by atoms with van der Waals surface area (Å²) >= 11 is 0. The number of hydrogen-bond donors (Lipinski definition) is 1. The molecule has 0 aliphatic carbocycles. The van der Waals surface area contributed by atoms with E-state index < -0.39 is 10.0 Å². The molecule has 1 aliphatic heterocycles. The molecule has 164 valence electrons. The maximum Gasteiger partial charge on any atom is 0.246 e. The van der Waals surface area contributed by atoms with E-state index in [-0.39, 0.29) is 23.0 Å². The van der Waals surface area contributed by atoms with Crippen molar-refractivity contribution in [1.82, 2.24) is 19.7 Å². The lowest BCUT2D eigenvalue weighted by Gasteiger charge is -2.36. The highest BCUT2D eigenvalue weighted by Crippen LogP contribution is 2.22. The minimum atomic E-state index is -3.75. The number of para-hydroxylation sites is 1. The lowest BCUT2D eigenvalue weighted by Crippen LogP contribution is -2.48. The molecule has 1 fully saturated rings. The van der Waals surface area contributed by atoms with E-state index in [1.165, 1.54) is 6.07 Å². The smallest absolute Gasteiger partial charge is 0.246 e. The summed E-state index contributed by atoms with van der Waals surface area (Å²) in [5.41, 5.74) is 0.929. The number of hydrogen-bond acceptors (Lipinski definition) is 7. The zero-order valence-corrected chi connectivity index (χ0v) is 18.3. The molecule has 3 rings (SSSR count). The van der Waals surface area contributed by atoms with E-state index in [1.54, 1.807) is 36.2 Å². The summed E-state index contributed by atoms with van der Waals surface area (Å²) in [7, 11) is -0.0862. The second kappa shape index (κ2) is 9.59. The molecular weight excluding hydrogens is 409 g/mol. The molecule has 1 saturated heterocycles. The lowest BCUT2D eigenvalue weighted by molar-refractivity contribution is 0.261. The van der Waals surface area contributed by atoms with Crippen molar-refractivity contribution >= 4 is 21.8 Å². The normalized spacial score (nSPS) is 15.8. The van der Waals surface area contributed by atoms with Crippen LogP contribution in [0.25, 0.3) is 6.08 Å². The summed E-state index contributed by atoms with van der Waals surface area (Å²) in [6.07, 6.45) is 3.28. The van der Waals surface area contributed by atoms with Crippen LogP contribution in [0.15, 0.2) is 39.9 Å². The second-order valence-electron chi connectivity index (χ2n) is 7.42. The third-order valence-electron chi connectivity index (χ3n) is 4.91. The van der Waals surface area contributed by atoms with Crippen molar-refractivity contribution < 1.29 is 17.3 Å². The number of anilines is 1. The third-order valence-corrected chi connectivity index (χ3v) is 6.53. The van der Waals surface area contributed by atoms with E-state index in [2.05, 4.69) is 14.8 Å². The number of nitrogens with zero attached hydrogens (tertiary/aromatic N) is 4. The average Bonchev–Trinajstić information content (AvgIpc) is 3.09. The van der Waals surface area contributed by atoms with Crippen LogP contribution in [0, 0.1) is 12.7 Å². The Morgan fingerprint density at radius 2 is 1.93 bits per heavy atom. The predicted molar refractivity (Wildman–Crippen MR) is 114 cm³/mol. The van der Waals surface area contributed by atoms with Gasteiger partial charge in [0.2, 0.25) is 10.0 Å². The van der Waals surface area contributed by atoms with Gasteiger partial charge in [0.1, 0.15) is 11.5 Å². The minimum absolute atomic E-state index is 0.0602. The van der Waals surface area contributed by atoms with E-state index in [0.717, 1.165) is 13.1 Å². The van der Waals surface area contributed by atoms with Crippen LogP contribution >= 0.6 is 0 Å². The van der Waals surface area contributed by atoms with E-state index in [4.69, 9.17) is 4.52 Å². The fourth-order valence-electron chi connectivity index (χ4n) is 3.36. The van der Waals surface area contributed by atoms with Crippen molar-refractivity contribution in [2.45, 2.75) is 11.8 Å². The second-order valence-corrected chi connectivity index (χ2v) is 9.12. The Kier molecular flexibility index (Phi) is 7.11. The van der Waals surface area contributed by atoms with Crippen LogP contribution < -0.4 is 9.62 Å². The van der Waals surface area contributed by atoms with Gasteiger partial charge in [-0.1, -0.05) is 17.3 Å². The lowest BCUT2D eigenvalue weighted by atomic mass is 10.2. The highest BCUT2D eigenvalue weighted by molar-refractivity contribution is 7.89. The van der Waals surface area contributed by atoms with Crippen molar-refractivity contribution in [2.75, 3.05) is 58.3 Å². The van der Waals surface area contributed by atoms with Crippen molar-refractivity contribution in [3.8, 4) is 0 Å². The largest absolute Gasteiger partial charge is 0.383 e. The molecule has 8 nitrogen and oxygen atoms in total. The number of aryl methyl sites for hydroxylation is 1. The quantitative estimate of drug-likeness (QED) is 0.674. The molecule has 0 bridgehead atoms. The van der Waals surface area contributed by atoms with Gasteiger partial charge in [-0.05, 0) is 19.1 Å². The summed E-state index contributed by atoms with van der Waals surface area (Å²) in [5, 5.41) is 3.79. The molecule has 1 N–H and O–H groups in total. The van der Waals surface area contributed by atoms with Gasteiger partial charge >= 0.3 is 0 Å². The number of nitrogens with one attached hydrogen (secondary N) is 1. The Morgan fingerprint density at radius 1 is 1.23 bits per heavy atom. The molecule has 0 saturated carbocycles. The molecule has 1 aliphatic rings. The van der Waals surface area contributed by atoms with Crippen molar-refractivity contribution in [2.24, 2.45) is 0 Å². The summed E-state index contributed by atoms with van der Waals surface area (Å²) < 4.78 is 47.3. The Bertz CT molecular complexity index is 982. The van der Waals surface area contributed by atoms with Gasteiger partial charge in [-0.15, -0.1) is 0 Å². The Morgan fingerprint density at radius 3 is 2.60 bits per heavy atom. The molecule has 1 aromatic carbocycles. The zero-order chi connectivity index (χ0) is 21.7. The molecule has 0 amide bonds. The molecule has 2 aromatic rings. The van der Waals surface area contributed by atoms with Crippen molar-refractivity contribution in [3.05, 3.63) is 47.7 Å². The van der Waals surface area contributed by atoms with Gasteiger partial charge in [0.25, 0.3) is 0 Å². The number of sulfonamides is 1. The molecular formula is C20H28FN5O3S. The Balaban J connectivity index is 1.54. The molecule has 0 radical (unpaired) electrons. The summed E-state index contributed by atoms with van der Waals surface area (Å²) in [6, 6.07) is 6.75. The van der Waals surface area contributed by atoms with E-state index in [1.807, 2.05) is 25.1 Å². The van der Waals surface area contributed by atoms with Gasteiger partial charge in [0.15, 0.2) is 10.7 Å². The van der Waals surface area contributed by atoms with E-state index in [0.29, 0.717) is 31.0 Å². The summed E-state index contributed by atoms with van der Waals surface area (Å²) in [6.45, 7) is 5.29. The fourth-order valence-corrected chi connectivity index (χ4v) is 4.66. The number of aromatic nitrogens is 1. The Hall–Kier alpha value is -2.43. The molecule has 0 spiro atoms. The van der Waals surface area contributed by atoms with Crippen molar-refractivity contribution in [1.29, 1.82) is 0 Å². The van der Waals surface area contributed by atoms with Crippen LogP contribution in [0.1, 0.15) is 11.5 Å². The number of halogens is 1. The molecule has 0 atom stereocenters. The van der Waals surface area contributed by atoms with Gasteiger partial charge < -0.3 is 14.3 Å². The SMILES string of the molecule is Cc1noc(C=CN(C)C)c1S(=O)(=O)NCCN1CCN(c2ccccc2F)CC1. The molecule has 0 unspecified atom stereocenters. The predicted octanol–water partition coefficient (Wildman–Crippen LogP) is 1.75. The maximum atomic E-state index is 14.0. The van der Waals surface area contributed by atoms with Crippen LogP contribution in [0.4, 0.5) is 10.1 Å². The molecule has 10 heteroatoms. The van der Waals surface area contributed by atoms with Crippen LogP contribution in [-0.4, -0.2) is 76.7 Å². The average molecular weight is 438 g/mol. The zero-order valence-electron chi connectivity index (χ0n) is 17.5. The topological polar surface area (TPSA) is 81.9 Å². The third kappa shape index (κ3) is 5.38. The van der Waals surface area contributed by atoms with Gasteiger partial charge in [-0.2, -0.15) is 0 Å². The highest BCUT2D eigenvalue weighted by atomic mass is 32.2. The van der Waals surface area contributed by atoms with Crippen LogP contribution in [0.2, 0.25) is 0 Å². The van der Waals surface area contributed by atoms with E-state index in [9.17, 15) is 12.8 Å². The molecule has 2 heterocycles. The molecule has 1 aromatic heterocycles. The van der Waals surface area contributed by atoms with Crippen LogP contribution in [-0.2, 0) is 10.0 Å². The first-order valence-corrected chi connectivity index (χ1v) is 11.3. The fraction of sp³-hybridized carbons (Fsp3) is 0.450. The van der Waals surface area contributed by atoms with Gasteiger partial charge in [-0.3, -0.25) is 4.90 Å². The standard InChI is InChI=1S/C20H28FN5O3S/c1-16-20(19(29-23-16)8-10-24(2)3)30(27,28)22-9-11-25-12-14-26(15-13-25)18-7-5-4-6-17(18)21/h4-8,10,22H,9,11-15H2,1-3H3. The first-order chi connectivity index (χ1) is 14.3. The first-order valence-electron chi connectivity index (χ1n) is 9.80. The first kappa shape index (κ1) is 22.3. The maximum absolute atomic E-state index is 14.0. The Labute approximate surface area is 177 Å². The van der Waals surface area contributed by atoms with Crippen LogP contribution in [0.3, 0.4) is 0 Å². The summed E-state index contributed by atoms with van der Waals surface area (Å²) in [5.74, 6) is -0.0193. The van der Waals surface area contributed by atoms with E-state index >= 15 is 0 Å². The highest BCUT2D eigenvalue weighted by Gasteiger charge is 2.25.